The summed E-state index contributed by atoms with van der Waals surface area (Å²) in [5.74, 6) is 0. The van der Waals surface area contributed by atoms with Gasteiger partial charge < -0.3 is 4.98 Å². The van der Waals surface area contributed by atoms with E-state index in [0.717, 1.165) is 10.9 Å². The molecule has 0 spiro atoms. The Labute approximate surface area is 62.1 Å². The maximum atomic E-state index is 10.9. The fourth-order valence-electron chi connectivity index (χ4n) is 1.45. The maximum Gasteiger partial charge on any atom is 0.249 e. The number of nitrogens with one attached hydrogen (secondary N) is 1. The number of rotatable bonds is 0. The van der Waals surface area contributed by atoms with Crippen LogP contribution >= 0.6 is 0 Å². The molecule has 3 rings (SSSR count). The van der Waals surface area contributed by atoms with E-state index in [4.69, 9.17) is 0 Å². The minimum absolute atomic E-state index is 0.00583. The van der Waals surface area contributed by atoms with Crippen molar-refractivity contribution in [3.8, 4) is 0 Å². The first kappa shape index (κ1) is 5.13. The Bertz CT molecular complexity index is 552. The normalized spacial score (nSPS) is 12.0. The van der Waals surface area contributed by atoms with Gasteiger partial charge in [-0.15, -0.1) is 0 Å². The molecule has 1 aromatic heterocycles. The van der Waals surface area contributed by atoms with Gasteiger partial charge in [-0.2, -0.15) is 0 Å². The molecular weight excluding hydrogens is 138 g/mol. The lowest BCUT2D eigenvalue weighted by Crippen LogP contribution is -1.92. The van der Waals surface area contributed by atoms with E-state index in [1.165, 1.54) is 10.8 Å². The van der Waals surface area contributed by atoms with E-state index in [0.29, 0.717) is 0 Å². The quantitative estimate of drug-likeness (QED) is 0.509. The van der Waals surface area contributed by atoms with Crippen LogP contribution in [0.25, 0.3) is 21.7 Å². The zero-order valence-electron chi connectivity index (χ0n) is 5.72. The Morgan fingerprint density at radius 3 is 2.82 bits per heavy atom. The predicted octanol–water partition coefficient (Wildman–Crippen LogP) is 1.56. The van der Waals surface area contributed by atoms with Gasteiger partial charge in [0.15, 0.2) is 0 Å². The van der Waals surface area contributed by atoms with Crippen molar-refractivity contribution in [3.63, 3.8) is 0 Å². The lowest BCUT2D eigenvalue weighted by Gasteiger charge is -1.81. The van der Waals surface area contributed by atoms with Crippen LogP contribution in [0.3, 0.4) is 0 Å². The number of hydrogen-bond donors (Lipinski definition) is 1. The summed E-state index contributed by atoms with van der Waals surface area (Å²) >= 11 is 0. The van der Waals surface area contributed by atoms with Crippen LogP contribution in [0.4, 0.5) is 0 Å². The molecule has 1 N–H and O–H groups in total. The van der Waals surface area contributed by atoms with Gasteiger partial charge in [0.2, 0.25) is 5.56 Å². The molecule has 2 aromatic carbocycles. The molecule has 0 radical (unpaired) electrons. The lowest BCUT2D eigenvalue weighted by molar-refractivity contribution is 1.37. The standard InChI is InChI=1S/C9H5NO/c11-8-4-6-2-1-5-3-7(5)9(6)10-8/h1-4H,(H,10,11). The average molecular weight is 143 g/mol. The number of aromatic nitrogens is 1. The van der Waals surface area contributed by atoms with E-state index in [2.05, 4.69) is 11.1 Å². The number of H-pyrrole nitrogens is 1. The minimum atomic E-state index is -0.00583. The summed E-state index contributed by atoms with van der Waals surface area (Å²) in [5.41, 5.74) is 0.987. The highest BCUT2D eigenvalue weighted by Crippen LogP contribution is 2.30. The summed E-state index contributed by atoms with van der Waals surface area (Å²) in [7, 11) is 0. The summed E-state index contributed by atoms with van der Waals surface area (Å²) in [6, 6.07) is 7.70. The van der Waals surface area contributed by atoms with Gasteiger partial charge in [-0.1, -0.05) is 12.1 Å². The fraction of sp³-hybridized carbons (Fsp3) is 0. The SMILES string of the molecule is O=c1cc2ccc3cc3c2[nH]1. The molecule has 1 heterocycles. The molecule has 0 saturated heterocycles. The van der Waals surface area contributed by atoms with Crippen molar-refractivity contribution in [3.05, 3.63) is 34.6 Å². The van der Waals surface area contributed by atoms with Crippen molar-refractivity contribution >= 4 is 21.7 Å². The van der Waals surface area contributed by atoms with Gasteiger partial charge >= 0.3 is 0 Å². The lowest BCUT2D eigenvalue weighted by atomic mass is 10.3. The van der Waals surface area contributed by atoms with Crippen LogP contribution in [0, 0.1) is 0 Å². The highest BCUT2D eigenvalue weighted by atomic mass is 16.1. The van der Waals surface area contributed by atoms with Gasteiger partial charge in [0.25, 0.3) is 0 Å². The Morgan fingerprint density at radius 2 is 1.91 bits per heavy atom. The van der Waals surface area contributed by atoms with Crippen LogP contribution in [0.5, 0.6) is 0 Å². The number of fused-ring (bicyclic) bond motifs is 3. The Hall–Kier alpha value is -1.57. The molecule has 0 aliphatic heterocycles. The molecule has 2 nitrogen and oxygen atoms in total. The molecule has 0 saturated carbocycles. The molecule has 0 bridgehead atoms. The van der Waals surface area contributed by atoms with Crippen molar-refractivity contribution in [2.75, 3.05) is 0 Å². The topological polar surface area (TPSA) is 32.9 Å². The Balaban J connectivity index is 2.73. The van der Waals surface area contributed by atoms with Crippen LogP contribution in [0.2, 0.25) is 0 Å². The monoisotopic (exact) mass is 143 g/mol. The smallest absolute Gasteiger partial charge is 0.249 e. The van der Waals surface area contributed by atoms with Crippen LogP contribution in [-0.4, -0.2) is 4.98 Å². The third-order valence-corrected chi connectivity index (χ3v) is 2.06. The Kier molecular flexibility index (Phi) is 0.639. The number of benzene rings is 1. The first-order chi connectivity index (χ1) is 5.34. The van der Waals surface area contributed by atoms with Gasteiger partial charge in [-0.25, -0.2) is 0 Å². The van der Waals surface area contributed by atoms with E-state index in [1.54, 1.807) is 6.07 Å². The van der Waals surface area contributed by atoms with Crippen LogP contribution in [-0.2, 0) is 0 Å². The van der Waals surface area contributed by atoms with Gasteiger partial charge in [0.05, 0.1) is 5.52 Å². The summed E-state index contributed by atoms with van der Waals surface area (Å²) in [5, 5.41) is 3.46. The zero-order chi connectivity index (χ0) is 7.42. The van der Waals surface area contributed by atoms with Crippen LogP contribution < -0.4 is 5.56 Å². The molecule has 52 valence electrons. The molecular formula is C9H5NO. The van der Waals surface area contributed by atoms with Crippen molar-refractivity contribution in [2.24, 2.45) is 0 Å². The van der Waals surface area contributed by atoms with E-state index in [-0.39, 0.29) is 5.56 Å². The van der Waals surface area contributed by atoms with Crippen LogP contribution in [0.15, 0.2) is 29.1 Å². The number of aromatic amines is 1. The largest absolute Gasteiger partial charge is 0.321 e. The Morgan fingerprint density at radius 1 is 1.09 bits per heavy atom. The molecule has 11 heavy (non-hydrogen) atoms. The molecule has 0 fully saturated rings. The summed E-state index contributed by atoms with van der Waals surface area (Å²) < 4.78 is 0. The van der Waals surface area contributed by atoms with Crippen LogP contribution in [0.1, 0.15) is 0 Å². The second-order valence-electron chi connectivity index (χ2n) is 2.81. The van der Waals surface area contributed by atoms with E-state index in [9.17, 15) is 4.79 Å². The van der Waals surface area contributed by atoms with Crippen molar-refractivity contribution in [1.82, 2.24) is 4.98 Å². The second-order valence-corrected chi connectivity index (χ2v) is 2.81. The molecule has 0 aliphatic carbocycles. The van der Waals surface area contributed by atoms with Gasteiger partial charge in [0.1, 0.15) is 0 Å². The molecule has 0 atom stereocenters. The van der Waals surface area contributed by atoms with Gasteiger partial charge in [0, 0.05) is 16.8 Å². The number of hydrogen-bond acceptors (Lipinski definition) is 1. The third-order valence-electron chi connectivity index (χ3n) is 2.06. The van der Waals surface area contributed by atoms with Gasteiger partial charge in [-0.3, -0.25) is 4.79 Å². The second kappa shape index (κ2) is 1.37. The molecule has 0 aliphatic rings. The fourth-order valence-corrected chi connectivity index (χ4v) is 1.45. The predicted molar refractivity (Wildman–Crippen MR) is 44.4 cm³/mol. The van der Waals surface area contributed by atoms with Crippen molar-refractivity contribution in [2.45, 2.75) is 0 Å². The molecule has 0 unspecified atom stereocenters. The zero-order valence-corrected chi connectivity index (χ0v) is 5.72. The average Bonchev–Trinajstić information content (AvgIpc) is 2.67. The maximum absolute atomic E-state index is 10.9. The minimum Gasteiger partial charge on any atom is -0.321 e. The third kappa shape index (κ3) is 0.539. The van der Waals surface area contributed by atoms with E-state index >= 15 is 0 Å². The first-order valence-electron chi connectivity index (χ1n) is 3.52. The van der Waals surface area contributed by atoms with Crippen molar-refractivity contribution < 1.29 is 0 Å². The molecule has 3 aromatic rings. The van der Waals surface area contributed by atoms with E-state index < -0.39 is 0 Å². The molecule has 0 amide bonds. The highest BCUT2D eigenvalue weighted by Gasteiger charge is 2.07. The van der Waals surface area contributed by atoms with E-state index in [1.807, 2.05) is 12.1 Å². The summed E-state index contributed by atoms with van der Waals surface area (Å²) in [6.07, 6.45) is 0. The highest BCUT2D eigenvalue weighted by molar-refractivity contribution is 6.14. The summed E-state index contributed by atoms with van der Waals surface area (Å²) in [4.78, 5) is 13.7. The van der Waals surface area contributed by atoms with Crippen molar-refractivity contribution in [1.29, 1.82) is 0 Å². The molecule has 2 heteroatoms. The van der Waals surface area contributed by atoms with Gasteiger partial charge in [-0.05, 0) is 11.5 Å². The summed E-state index contributed by atoms with van der Waals surface area (Å²) in [6.45, 7) is 0. The first-order valence-corrected chi connectivity index (χ1v) is 3.52.